The molecule has 3 rings (SSSR count). The van der Waals surface area contributed by atoms with Gasteiger partial charge in [-0.05, 0) is 18.1 Å². The highest BCUT2D eigenvalue weighted by Gasteiger charge is 2.29. The van der Waals surface area contributed by atoms with Gasteiger partial charge in [0.25, 0.3) is 0 Å². The second-order valence-corrected chi connectivity index (χ2v) is 4.69. The van der Waals surface area contributed by atoms with Gasteiger partial charge in [0.15, 0.2) is 0 Å². The van der Waals surface area contributed by atoms with E-state index in [9.17, 15) is 9.59 Å². The van der Waals surface area contributed by atoms with Gasteiger partial charge in [-0.15, -0.1) is 0 Å². The van der Waals surface area contributed by atoms with Crippen LogP contribution in [0.4, 0.5) is 5.69 Å². The van der Waals surface area contributed by atoms with Crippen molar-refractivity contribution >= 4 is 28.4 Å². The van der Waals surface area contributed by atoms with E-state index in [-0.39, 0.29) is 17.7 Å². The number of hydrogen-bond donors (Lipinski definition) is 2. The lowest BCUT2D eigenvalue weighted by atomic mass is 9.89. The summed E-state index contributed by atoms with van der Waals surface area (Å²) < 4.78 is 0. The molecule has 1 aliphatic heterocycles. The molecule has 5 nitrogen and oxygen atoms in total. The zero-order valence-corrected chi connectivity index (χ0v) is 10.2. The number of nitrogens with two attached hydrogens (primary N) is 1. The number of piperidine rings is 1. The summed E-state index contributed by atoms with van der Waals surface area (Å²) in [5, 5.41) is 3.28. The van der Waals surface area contributed by atoms with Crippen molar-refractivity contribution in [2.75, 3.05) is 5.73 Å². The van der Waals surface area contributed by atoms with E-state index in [4.69, 9.17) is 5.73 Å². The topological polar surface area (TPSA) is 85.1 Å². The Bertz CT molecular complexity index is 681. The predicted molar refractivity (Wildman–Crippen MR) is 71.3 cm³/mol. The van der Waals surface area contributed by atoms with Gasteiger partial charge in [0.1, 0.15) is 0 Å². The molecule has 1 fully saturated rings. The van der Waals surface area contributed by atoms with Crippen molar-refractivity contribution in [1.82, 2.24) is 10.3 Å². The van der Waals surface area contributed by atoms with Gasteiger partial charge in [-0.3, -0.25) is 19.9 Å². The monoisotopic (exact) mass is 255 g/mol. The fraction of sp³-hybridized carbons (Fsp3) is 0.214. The Morgan fingerprint density at radius 3 is 2.95 bits per heavy atom. The number of nitrogen functional groups attached to an aromatic ring is 1. The Morgan fingerprint density at radius 2 is 2.16 bits per heavy atom. The first kappa shape index (κ1) is 11.6. The SMILES string of the molecule is Nc1cnc2c(C3CCC(=O)NC3=O)cccc2c1. The van der Waals surface area contributed by atoms with E-state index in [1.807, 2.05) is 24.3 Å². The highest BCUT2D eigenvalue weighted by Crippen LogP contribution is 2.30. The second-order valence-electron chi connectivity index (χ2n) is 4.69. The highest BCUT2D eigenvalue weighted by molar-refractivity contribution is 6.02. The molecule has 0 saturated carbocycles. The van der Waals surface area contributed by atoms with Crippen LogP contribution < -0.4 is 11.1 Å². The Morgan fingerprint density at radius 1 is 1.32 bits per heavy atom. The van der Waals surface area contributed by atoms with Crippen LogP contribution in [0.3, 0.4) is 0 Å². The Hall–Kier alpha value is -2.43. The maximum absolute atomic E-state index is 11.9. The van der Waals surface area contributed by atoms with Gasteiger partial charge in [0.2, 0.25) is 11.8 Å². The molecule has 2 heterocycles. The number of pyridine rings is 1. The lowest BCUT2D eigenvalue weighted by Gasteiger charge is -2.21. The van der Waals surface area contributed by atoms with Crippen molar-refractivity contribution in [2.45, 2.75) is 18.8 Å². The summed E-state index contributed by atoms with van der Waals surface area (Å²) in [5.74, 6) is -0.779. The van der Waals surface area contributed by atoms with Crippen molar-refractivity contribution in [3.05, 3.63) is 36.0 Å². The number of para-hydroxylation sites is 1. The summed E-state index contributed by atoms with van der Waals surface area (Å²) in [6.45, 7) is 0. The summed E-state index contributed by atoms with van der Waals surface area (Å²) >= 11 is 0. The van der Waals surface area contributed by atoms with Crippen LogP contribution in [0, 0.1) is 0 Å². The highest BCUT2D eigenvalue weighted by atomic mass is 16.2. The van der Waals surface area contributed by atoms with E-state index in [1.165, 1.54) is 0 Å². The van der Waals surface area contributed by atoms with Crippen molar-refractivity contribution < 1.29 is 9.59 Å². The van der Waals surface area contributed by atoms with Gasteiger partial charge in [-0.2, -0.15) is 0 Å². The molecule has 1 saturated heterocycles. The van der Waals surface area contributed by atoms with Crippen molar-refractivity contribution in [3.63, 3.8) is 0 Å². The molecule has 2 aromatic rings. The smallest absolute Gasteiger partial charge is 0.234 e. The van der Waals surface area contributed by atoms with Crippen LogP contribution in [0.2, 0.25) is 0 Å². The summed E-state index contributed by atoms with van der Waals surface area (Å²) in [5.41, 5.74) is 7.92. The molecule has 19 heavy (non-hydrogen) atoms. The van der Waals surface area contributed by atoms with E-state index in [0.29, 0.717) is 18.5 Å². The number of anilines is 1. The fourth-order valence-corrected chi connectivity index (χ4v) is 2.47. The third-order valence-electron chi connectivity index (χ3n) is 3.38. The van der Waals surface area contributed by atoms with Crippen molar-refractivity contribution in [2.24, 2.45) is 0 Å². The summed E-state index contributed by atoms with van der Waals surface area (Å²) in [6.07, 6.45) is 2.47. The average Bonchev–Trinajstić information content (AvgIpc) is 2.38. The normalized spacial score (nSPS) is 19.5. The molecule has 1 aliphatic rings. The van der Waals surface area contributed by atoms with Gasteiger partial charge in [0, 0.05) is 11.8 Å². The molecule has 1 aromatic carbocycles. The number of rotatable bonds is 1. The minimum atomic E-state index is -0.322. The van der Waals surface area contributed by atoms with Crippen LogP contribution in [0.15, 0.2) is 30.5 Å². The van der Waals surface area contributed by atoms with Crippen LogP contribution in [-0.4, -0.2) is 16.8 Å². The first-order chi connectivity index (χ1) is 9.15. The lowest BCUT2D eigenvalue weighted by molar-refractivity contribution is -0.134. The molecule has 96 valence electrons. The number of fused-ring (bicyclic) bond motifs is 1. The molecule has 1 unspecified atom stereocenters. The van der Waals surface area contributed by atoms with Gasteiger partial charge < -0.3 is 5.73 Å². The molecule has 5 heteroatoms. The van der Waals surface area contributed by atoms with Crippen LogP contribution in [0.1, 0.15) is 24.3 Å². The summed E-state index contributed by atoms with van der Waals surface area (Å²) in [7, 11) is 0. The molecule has 2 amide bonds. The van der Waals surface area contributed by atoms with Crippen LogP contribution in [0.5, 0.6) is 0 Å². The van der Waals surface area contributed by atoms with E-state index in [2.05, 4.69) is 10.3 Å². The molecular formula is C14H13N3O2. The van der Waals surface area contributed by atoms with E-state index < -0.39 is 0 Å². The quantitative estimate of drug-likeness (QED) is 0.753. The van der Waals surface area contributed by atoms with Gasteiger partial charge >= 0.3 is 0 Å². The largest absolute Gasteiger partial charge is 0.397 e. The Kier molecular flexibility index (Phi) is 2.67. The molecule has 1 aromatic heterocycles. The van der Waals surface area contributed by atoms with Crippen molar-refractivity contribution in [1.29, 1.82) is 0 Å². The standard InChI is InChI=1S/C14H13N3O2/c15-9-6-8-2-1-3-10(13(8)16-7-9)11-4-5-12(18)17-14(11)19/h1-3,6-7,11H,4-5,15H2,(H,17,18,19). The van der Waals surface area contributed by atoms with Crippen LogP contribution >= 0.6 is 0 Å². The maximum Gasteiger partial charge on any atom is 0.234 e. The number of hydrogen-bond acceptors (Lipinski definition) is 4. The number of amides is 2. The molecule has 0 aliphatic carbocycles. The fourth-order valence-electron chi connectivity index (χ4n) is 2.47. The first-order valence-corrected chi connectivity index (χ1v) is 6.13. The minimum absolute atomic E-state index is 0.210. The summed E-state index contributed by atoms with van der Waals surface area (Å²) in [4.78, 5) is 27.4. The van der Waals surface area contributed by atoms with E-state index >= 15 is 0 Å². The number of benzene rings is 1. The van der Waals surface area contributed by atoms with Crippen molar-refractivity contribution in [3.8, 4) is 0 Å². The van der Waals surface area contributed by atoms with Gasteiger partial charge in [0.05, 0.1) is 23.3 Å². The van der Waals surface area contributed by atoms with Crippen LogP contribution in [0.25, 0.3) is 10.9 Å². The molecule has 3 N–H and O–H groups in total. The Balaban J connectivity index is 2.10. The lowest BCUT2D eigenvalue weighted by Crippen LogP contribution is -2.39. The average molecular weight is 255 g/mol. The number of nitrogens with zero attached hydrogens (tertiary/aromatic N) is 1. The zero-order chi connectivity index (χ0) is 13.4. The zero-order valence-electron chi connectivity index (χ0n) is 10.2. The third kappa shape index (κ3) is 2.03. The minimum Gasteiger partial charge on any atom is -0.397 e. The van der Waals surface area contributed by atoms with E-state index in [0.717, 1.165) is 16.5 Å². The number of nitrogens with one attached hydrogen (secondary N) is 1. The van der Waals surface area contributed by atoms with Crippen LogP contribution in [-0.2, 0) is 9.59 Å². The summed E-state index contributed by atoms with van der Waals surface area (Å²) in [6, 6.07) is 7.50. The molecular weight excluding hydrogens is 242 g/mol. The molecule has 1 atom stereocenters. The third-order valence-corrected chi connectivity index (χ3v) is 3.38. The Labute approximate surface area is 109 Å². The predicted octanol–water partition coefficient (Wildman–Crippen LogP) is 1.34. The number of imide groups is 1. The second kappa shape index (κ2) is 4.35. The van der Waals surface area contributed by atoms with E-state index in [1.54, 1.807) is 6.20 Å². The number of aromatic nitrogens is 1. The molecule has 0 radical (unpaired) electrons. The molecule has 0 spiro atoms. The van der Waals surface area contributed by atoms with Gasteiger partial charge in [-0.1, -0.05) is 18.2 Å². The maximum atomic E-state index is 11.9. The first-order valence-electron chi connectivity index (χ1n) is 6.13. The number of carbonyl (C=O) groups excluding carboxylic acids is 2. The number of carbonyl (C=O) groups is 2. The van der Waals surface area contributed by atoms with Gasteiger partial charge in [-0.25, -0.2) is 0 Å². The molecule has 0 bridgehead atoms.